The molecule has 0 saturated heterocycles. The van der Waals surface area contributed by atoms with E-state index in [0.29, 0.717) is 10.6 Å². The van der Waals surface area contributed by atoms with Crippen LogP contribution in [0.5, 0.6) is 5.75 Å². The molecule has 2 rings (SSSR count). The number of esters is 1. The topological polar surface area (TPSA) is 88.8 Å². The Morgan fingerprint density at radius 1 is 1.27 bits per heavy atom. The van der Waals surface area contributed by atoms with Crippen molar-refractivity contribution in [3.05, 3.63) is 40.5 Å². The number of ether oxygens (including phenoxy) is 1. The Morgan fingerprint density at radius 2 is 1.86 bits per heavy atom. The second kappa shape index (κ2) is 6.11. The van der Waals surface area contributed by atoms with E-state index >= 15 is 0 Å². The zero-order valence-electron chi connectivity index (χ0n) is 12.0. The first-order chi connectivity index (χ1) is 10.4. The van der Waals surface area contributed by atoms with Crippen LogP contribution in [0.2, 0.25) is 5.02 Å². The predicted molar refractivity (Wildman–Crippen MR) is 80.4 cm³/mol. The van der Waals surface area contributed by atoms with Crippen molar-refractivity contribution >= 4 is 23.5 Å². The van der Waals surface area contributed by atoms with E-state index in [4.69, 9.17) is 16.3 Å². The van der Waals surface area contributed by atoms with E-state index < -0.39 is 17.7 Å². The number of aromatic hydroxyl groups is 1. The number of carbonyl (C=O) groups excluding carboxylic acids is 1. The van der Waals surface area contributed by atoms with Crippen LogP contribution >= 0.6 is 11.6 Å². The van der Waals surface area contributed by atoms with Crippen molar-refractivity contribution in [2.75, 3.05) is 6.61 Å². The highest BCUT2D eigenvalue weighted by Crippen LogP contribution is 2.36. The highest BCUT2D eigenvalue weighted by molar-refractivity contribution is 6.30. The molecule has 0 aliphatic rings. The van der Waals surface area contributed by atoms with Crippen LogP contribution in [-0.4, -0.2) is 33.3 Å². The number of nitrogens with zero attached hydrogens (tertiary/aromatic N) is 1. The number of carbonyl (C=O) groups is 2. The standard InChI is InChI=1S/C15H14ClNO5/c1-3-22-15(21)12-13(18)10(14(19)20)11(17(12)2)8-4-6-9(16)7-5-8/h4-7,18H,3H2,1-2H3,(H,19,20). The average molecular weight is 324 g/mol. The summed E-state index contributed by atoms with van der Waals surface area (Å²) in [6.07, 6.45) is 0. The first-order valence-electron chi connectivity index (χ1n) is 6.46. The maximum atomic E-state index is 11.9. The van der Waals surface area contributed by atoms with Gasteiger partial charge in [-0.25, -0.2) is 9.59 Å². The molecule has 0 radical (unpaired) electrons. The van der Waals surface area contributed by atoms with Gasteiger partial charge in [0.1, 0.15) is 5.56 Å². The number of aromatic nitrogens is 1. The number of aromatic carboxylic acids is 1. The van der Waals surface area contributed by atoms with Gasteiger partial charge in [-0.2, -0.15) is 0 Å². The zero-order chi connectivity index (χ0) is 16.4. The molecule has 0 fully saturated rings. The second-order valence-corrected chi connectivity index (χ2v) is 4.95. The summed E-state index contributed by atoms with van der Waals surface area (Å²) in [6.45, 7) is 1.73. The van der Waals surface area contributed by atoms with Crippen LogP contribution in [-0.2, 0) is 11.8 Å². The van der Waals surface area contributed by atoms with Gasteiger partial charge >= 0.3 is 11.9 Å². The number of carboxylic acids is 1. The molecule has 1 aromatic heterocycles. The normalized spacial score (nSPS) is 10.5. The molecule has 0 unspecified atom stereocenters. The molecular formula is C15H14ClNO5. The van der Waals surface area contributed by atoms with E-state index in [1.807, 2.05) is 0 Å². The SMILES string of the molecule is CCOC(=O)c1c(O)c(C(=O)O)c(-c2ccc(Cl)cc2)n1C. The molecule has 0 aliphatic heterocycles. The summed E-state index contributed by atoms with van der Waals surface area (Å²) >= 11 is 5.82. The van der Waals surface area contributed by atoms with Crippen LogP contribution < -0.4 is 0 Å². The Bertz CT molecular complexity index is 733. The molecule has 116 valence electrons. The van der Waals surface area contributed by atoms with E-state index in [2.05, 4.69) is 0 Å². The van der Waals surface area contributed by atoms with Gasteiger partial charge in [0.15, 0.2) is 11.4 Å². The third-order valence-corrected chi connectivity index (χ3v) is 3.42. The van der Waals surface area contributed by atoms with Gasteiger partial charge in [0.2, 0.25) is 0 Å². The Morgan fingerprint density at radius 3 is 2.36 bits per heavy atom. The molecule has 0 spiro atoms. The summed E-state index contributed by atoms with van der Waals surface area (Å²) < 4.78 is 6.16. The summed E-state index contributed by atoms with van der Waals surface area (Å²) in [5.74, 6) is -2.74. The second-order valence-electron chi connectivity index (χ2n) is 4.51. The molecule has 0 bridgehead atoms. The molecule has 0 saturated carbocycles. The molecular weight excluding hydrogens is 310 g/mol. The van der Waals surface area contributed by atoms with Gasteiger partial charge in [-0.1, -0.05) is 23.7 Å². The largest absolute Gasteiger partial charge is 0.505 e. The van der Waals surface area contributed by atoms with E-state index in [0.717, 1.165) is 0 Å². The van der Waals surface area contributed by atoms with Crippen molar-refractivity contribution in [2.45, 2.75) is 6.92 Å². The Hall–Kier alpha value is -2.47. The van der Waals surface area contributed by atoms with Gasteiger partial charge in [-0.15, -0.1) is 0 Å². The summed E-state index contributed by atoms with van der Waals surface area (Å²) in [5, 5.41) is 20.0. The average Bonchev–Trinajstić information content (AvgIpc) is 2.71. The summed E-state index contributed by atoms with van der Waals surface area (Å²) in [6, 6.07) is 6.41. The number of hydrogen-bond acceptors (Lipinski definition) is 4. The van der Waals surface area contributed by atoms with Crippen LogP contribution in [0.25, 0.3) is 11.3 Å². The molecule has 7 heteroatoms. The third kappa shape index (κ3) is 2.65. The number of hydrogen-bond donors (Lipinski definition) is 2. The first kappa shape index (κ1) is 15.9. The number of benzene rings is 1. The lowest BCUT2D eigenvalue weighted by molar-refractivity contribution is 0.0512. The molecule has 0 amide bonds. The van der Waals surface area contributed by atoms with Crippen LogP contribution in [0.15, 0.2) is 24.3 Å². The fourth-order valence-corrected chi connectivity index (χ4v) is 2.38. The summed E-state index contributed by atoms with van der Waals surface area (Å²) in [4.78, 5) is 23.4. The Labute approximate surface area is 131 Å². The molecule has 0 atom stereocenters. The maximum absolute atomic E-state index is 11.9. The fraction of sp³-hybridized carbons (Fsp3) is 0.200. The summed E-state index contributed by atoms with van der Waals surface area (Å²) in [5.41, 5.74) is 0.150. The third-order valence-electron chi connectivity index (χ3n) is 3.17. The fourth-order valence-electron chi connectivity index (χ4n) is 2.25. The van der Waals surface area contributed by atoms with Crippen molar-refractivity contribution in [2.24, 2.45) is 7.05 Å². The minimum atomic E-state index is -1.34. The highest BCUT2D eigenvalue weighted by atomic mass is 35.5. The van der Waals surface area contributed by atoms with Crippen LogP contribution in [0.1, 0.15) is 27.8 Å². The van der Waals surface area contributed by atoms with Crippen molar-refractivity contribution < 1.29 is 24.5 Å². The van der Waals surface area contributed by atoms with Crippen molar-refractivity contribution in [3.63, 3.8) is 0 Å². The number of carboxylic acid groups (broad SMARTS) is 1. The van der Waals surface area contributed by atoms with E-state index in [-0.39, 0.29) is 23.6 Å². The quantitative estimate of drug-likeness (QED) is 0.844. The van der Waals surface area contributed by atoms with Gasteiger partial charge in [0.25, 0.3) is 0 Å². The molecule has 22 heavy (non-hydrogen) atoms. The molecule has 6 nitrogen and oxygen atoms in total. The molecule has 2 N–H and O–H groups in total. The van der Waals surface area contributed by atoms with Gasteiger partial charge in [-0.3, -0.25) is 0 Å². The lowest BCUT2D eigenvalue weighted by atomic mass is 10.1. The van der Waals surface area contributed by atoms with E-state index in [1.54, 1.807) is 31.2 Å². The van der Waals surface area contributed by atoms with Gasteiger partial charge < -0.3 is 19.5 Å². The molecule has 1 heterocycles. The van der Waals surface area contributed by atoms with Crippen LogP contribution in [0.3, 0.4) is 0 Å². The highest BCUT2D eigenvalue weighted by Gasteiger charge is 2.30. The van der Waals surface area contributed by atoms with Gasteiger partial charge in [0.05, 0.1) is 12.3 Å². The number of rotatable bonds is 4. The summed E-state index contributed by atoms with van der Waals surface area (Å²) in [7, 11) is 1.49. The number of halogens is 1. The lowest BCUT2D eigenvalue weighted by Gasteiger charge is -2.07. The van der Waals surface area contributed by atoms with Crippen molar-refractivity contribution in [3.8, 4) is 17.0 Å². The minimum absolute atomic E-state index is 0.113. The van der Waals surface area contributed by atoms with Crippen LogP contribution in [0.4, 0.5) is 0 Å². The van der Waals surface area contributed by atoms with E-state index in [9.17, 15) is 19.8 Å². The van der Waals surface area contributed by atoms with E-state index in [1.165, 1.54) is 11.6 Å². The lowest BCUT2D eigenvalue weighted by Crippen LogP contribution is -2.10. The monoisotopic (exact) mass is 323 g/mol. The van der Waals surface area contributed by atoms with Crippen molar-refractivity contribution in [1.82, 2.24) is 4.57 Å². The first-order valence-corrected chi connectivity index (χ1v) is 6.84. The molecule has 2 aromatic rings. The maximum Gasteiger partial charge on any atom is 0.358 e. The van der Waals surface area contributed by atoms with Crippen molar-refractivity contribution in [1.29, 1.82) is 0 Å². The predicted octanol–water partition coefficient (Wildman–Crippen LogP) is 2.93. The van der Waals surface area contributed by atoms with Gasteiger partial charge in [0, 0.05) is 12.1 Å². The molecule has 1 aromatic carbocycles. The zero-order valence-corrected chi connectivity index (χ0v) is 12.7. The minimum Gasteiger partial charge on any atom is -0.505 e. The Kier molecular flexibility index (Phi) is 4.42. The smallest absolute Gasteiger partial charge is 0.358 e. The van der Waals surface area contributed by atoms with Crippen LogP contribution in [0, 0.1) is 0 Å². The Balaban J connectivity index is 2.72. The molecule has 0 aliphatic carbocycles. The van der Waals surface area contributed by atoms with Gasteiger partial charge in [-0.05, 0) is 24.6 Å².